The van der Waals surface area contributed by atoms with Crippen LogP contribution in [0.3, 0.4) is 0 Å². The normalized spacial score (nSPS) is 10.2. The van der Waals surface area contributed by atoms with Crippen molar-refractivity contribution in [2.24, 2.45) is 0 Å². The van der Waals surface area contributed by atoms with Gasteiger partial charge in [-0.1, -0.05) is 28.1 Å². The summed E-state index contributed by atoms with van der Waals surface area (Å²) in [6, 6.07) is 17.2. The van der Waals surface area contributed by atoms with Crippen molar-refractivity contribution in [3.05, 3.63) is 70.7 Å². The second kappa shape index (κ2) is 6.46. The molecule has 0 saturated carbocycles. The lowest BCUT2D eigenvalue weighted by atomic mass is 10.2. The summed E-state index contributed by atoms with van der Waals surface area (Å²) in [7, 11) is 0. The molecule has 0 radical (unpaired) electrons. The lowest BCUT2D eigenvalue weighted by Crippen LogP contribution is -1.99. The number of benzene rings is 2. The lowest BCUT2D eigenvalue weighted by molar-refractivity contribution is 0.516. The van der Waals surface area contributed by atoms with Gasteiger partial charge in [-0.05, 0) is 36.4 Å². The van der Waals surface area contributed by atoms with Crippen LogP contribution >= 0.6 is 15.9 Å². The number of rotatable bonds is 4. The van der Waals surface area contributed by atoms with Crippen LogP contribution in [-0.4, -0.2) is 4.98 Å². The number of nitriles is 1. The summed E-state index contributed by atoms with van der Waals surface area (Å²) < 4.78 is 6.74. The summed E-state index contributed by atoms with van der Waals surface area (Å²) in [5, 5.41) is 12.0. The van der Waals surface area contributed by atoms with Gasteiger partial charge in [0.15, 0.2) is 5.76 Å². The Morgan fingerprint density at radius 1 is 1.18 bits per heavy atom. The first-order valence-electron chi connectivity index (χ1n) is 6.69. The summed E-state index contributed by atoms with van der Waals surface area (Å²) >= 11 is 3.44. The summed E-state index contributed by atoms with van der Waals surface area (Å²) in [5.74, 6) is 1.34. The predicted octanol–water partition coefficient (Wildman–Crippen LogP) is 4.59. The number of halogens is 1. The molecule has 2 aromatic carbocycles. The molecule has 108 valence electrons. The summed E-state index contributed by atoms with van der Waals surface area (Å²) in [4.78, 5) is 4.27. The number of nitrogens with one attached hydrogen (secondary N) is 1. The van der Waals surface area contributed by atoms with Crippen LogP contribution in [0.4, 0.5) is 5.69 Å². The minimum atomic E-state index is 0.486. The lowest BCUT2D eigenvalue weighted by Gasteiger charge is -2.03. The Balaban J connectivity index is 1.68. The van der Waals surface area contributed by atoms with Crippen molar-refractivity contribution in [2.45, 2.75) is 6.54 Å². The SMILES string of the molecule is N#Cc1ccc(NCc2ncc(-c3cccc(Br)c3)o2)cc1. The van der Waals surface area contributed by atoms with Crippen molar-refractivity contribution < 1.29 is 4.42 Å². The molecule has 1 heterocycles. The van der Waals surface area contributed by atoms with Gasteiger partial charge in [-0.2, -0.15) is 5.26 Å². The molecule has 5 heteroatoms. The van der Waals surface area contributed by atoms with E-state index in [4.69, 9.17) is 9.68 Å². The highest BCUT2D eigenvalue weighted by molar-refractivity contribution is 9.10. The van der Waals surface area contributed by atoms with E-state index in [1.54, 1.807) is 18.3 Å². The van der Waals surface area contributed by atoms with Crippen molar-refractivity contribution in [2.75, 3.05) is 5.32 Å². The predicted molar refractivity (Wildman–Crippen MR) is 88.1 cm³/mol. The van der Waals surface area contributed by atoms with Crippen LogP contribution in [0.15, 0.2) is 63.6 Å². The number of oxazole rings is 1. The van der Waals surface area contributed by atoms with Gasteiger partial charge in [0.2, 0.25) is 5.89 Å². The quantitative estimate of drug-likeness (QED) is 0.745. The molecule has 0 bridgehead atoms. The highest BCUT2D eigenvalue weighted by Crippen LogP contribution is 2.24. The standard InChI is InChI=1S/C17H12BrN3O/c18-14-3-1-2-13(8-14)16-10-21-17(22-16)11-20-15-6-4-12(9-19)5-7-15/h1-8,10,20H,11H2. The van der Waals surface area contributed by atoms with E-state index < -0.39 is 0 Å². The van der Waals surface area contributed by atoms with Gasteiger partial charge in [-0.25, -0.2) is 4.98 Å². The van der Waals surface area contributed by atoms with Crippen LogP contribution in [0.25, 0.3) is 11.3 Å². The van der Waals surface area contributed by atoms with E-state index in [9.17, 15) is 0 Å². The third kappa shape index (κ3) is 3.35. The Kier molecular flexibility index (Phi) is 4.22. The highest BCUT2D eigenvalue weighted by atomic mass is 79.9. The van der Waals surface area contributed by atoms with Crippen LogP contribution in [0.1, 0.15) is 11.5 Å². The Labute approximate surface area is 136 Å². The summed E-state index contributed by atoms with van der Waals surface area (Å²) in [5.41, 5.74) is 2.53. The molecule has 4 nitrogen and oxygen atoms in total. The minimum Gasteiger partial charge on any atom is -0.439 e. The first-order valence-corrected chi connectivity index (χ1v) is 7.48. The largest absolute Gasteiger partial charge is 0.439 e. The fourth-order valence-electron chi connectivity index (χ4n) is 2.01. The molecule has 1 aromatic heterocycles. The van der Waals surface area contributed by atoms with E-state index in [2.05, 4.69) is 32.3 Å². The van der Waals surface area contributed by atoms with Crippen molar-refractivity contribution in [3.63, 3.8) is 0 Å². The molecule has 3 rings (SSSR count). The zero-order valence-electron chi connectivity index (χ0n) is 11.6. The molecule has 0 fully saturated rings. The average molecular weight is 354 g/mol. The maximum atomic E-state index is 8.77. The number of nitrogens with zero attached hydrogens (tertiary/aromatic N) is 2. The van der Waals surface area contributed by atoms with Crippen molar-refractivity contribution in [1.29, 1.82) is 5.26 Å². The van der Waals surface area contributed by atoms with E-state index in [1.807, 2.05) is 36.4 Å². The number of anilines is 1. The first-order chi connectivity index (χ1) is 10.7. The van der Waals surface area contributed by atoms with Gasteiger partial charge >= 0.3 is 0 Å². The van der Waals surface area contributed by atoms with Crippen molar-refractivity contribution >= 4 is 21.6 Å². The van der Waals surface area contributed by atoms with E-state index in [1.165, 1.54) is 0 Å². The summed E-state index contributed by atoms with van der Waals surface area (Å²) in [6.45, 7) is 0.486. The fourth-order valence-corrected chi connectivity index (χ4v) is 2.41. The minimum absolute atomic E-state index is 0.486. The molecule has 0 amide bonds. The fraction of sp³-hybridized carbons (Fsp3) is 0.0588. The Hall–Kier alpha value is -2.58. The number of hydrogen-bond donors (Lipinski definition) is 1. The second-order valence-corrected chi connectivity index (χ2v) is 5.59. The molecule has 0 spiro atoms. The maximum Gasteiger partial charge on any atom is 0.214 e. The van der Waals surface area contributed by atoms with E-state index >= 15 is 0 Å². The molecule has 3 aromatic rings. The van der Waals surface area contributed by atoms with E-state index in [0.29, 0.717) is 18.0 Å². The van der Waals surface area contributed by atoms with Crippen LogP contribution in [-0.2, 0) is 6.54 Å². The molecular weight excluding hydrogens is 342 g/mol. The van der Waals surface area contributed by atoms with Gasteiger partial charge in [-0.3, -0.25) is 0 Å². The smallest absolute Gasteiger partial charge is 0.214 e. The second-order valence-electron chi connectivity index (χ2n) is 4.67. The third-order valence-corrected chi connectivity index (χ3v) is 3.61. The topological polar surface area (TPSA) is 61.9 Å². The van der Waals surface area contributed by atoms with Gasteiger partial charge in [0, 0.05) is 15.7 Å². The molecule has 0 aliphatic heterocycles. The molecule has 0 saturated heterocycles. The highest BCUT2D eigenvalue weighted by Gasteiger charge is 2.06. The van der Waals surface area contributed by atoms with Crippen molar-refractivity contribution in [3.8, 4) is 17.4 Å². The van der Waals surface area contributed by atoms with Gasteiger partial charge in [0.05, 0.1) is 24.4 Å². The zero-order chi connectivity index (χ0) is 15.4. The molecule has 0 unspecified atom stereocenters. The summed E-state index contributed by atoms with van der Waals surface area (Å²) in [6.07, 6.45) is 1.72. The molecule has 0 aliphatic carbocycles. The van der Waals surface area contributed by atoms with Gasteiger partial charge < -0.3 is 9.73 Å². The zero-order valence-corrected chi connectivity index (χ0v) is 13.2. The van der Waals surface area contributed by atoms with Crippen LogP contribution in [0, 0.1) is 11.3 Å². The maximum absolute atomic E-state index is 8.77. The Bertz CT molecular complexity index is 818. The Morgan fingerprint density at radius 3 is 2.73 bits per heavy atom. The van der Waals surface area contributed by atoms with Crippen LogP contribution < -0.4 is 5.32 Å². The monoisotopic (exact) mass is 353 g/mol. The number of hydrogen-bond acceptors (Lipinski definition) is 4. The molecule has 0 atom stereocenters. The van der Waals surface area contributed by atoms with Gasteiger partial charge in [0.1, 0.15) is 0 Å². The first kappa shape index (κ1) is 14.4. The van der Waals surface area contributed by atoms with E-state index in [-0.39, 0.29) is 0 Å². The number of aromatic nitrogens is 1. The molecule has 0 aliphatic rings. The molecule has 22 heavy (non-hydrogen) atoms. The van der Waals surface area contributed by atoms with Crippen molar-refractivity contribution in [1.82, 2.24) is 4.98 Å². The van der Waals surface area contributed by atoms with E-state index in [0.717, 1.165) is 21.5 Å². The third-order valence-electron chi connectivity index (χ3n) is 3.12. The molecular formula is C17H12BrN3O. The van der Waals surface area contributed by atoms with Gasteiger partial charge in [-0.15, -0.1) is 0 Å². The average Bonchev–Trinajstić information content (AvgIpc) is 3.02. The Morgan fingerprint density at radius 2 is 2.00 bits per heavy atom. The van der Waals surface area contributed by atoms with Crippen LogP contribution in [0.2, 0.25) is 0 Å². The van der Waals surface area contributed by atoms with Crippen LogP contribution in [0.5, 0.6) is 0 Å². The molecule has 1 N–H and O–H groups in total. The van der Waals surface area contributed by atoms with Gasteiger partial charge in [0.25, 0.3) is 0 Å².